The van der Waals surface area contributed by atoms with E-state index in [2.05, 4.69) is 23.7 Å². The molecule has 0 saturated carbocycles. The number of carbonyl (C=O) groups excluding carboxylic acids is 1. The average Bonchev–Trinajstić information content (AvgIpc) is 2.69. The Morgan fingerprint density at radius 1 is 1.08 bits per heavy atom. The van der Waals surface area contributed by atoms with Crippen molar-refractivity contribution in [1.82, 2.24) is 0 Å². The number of hydrogen-bond acceptors (Lipinski definition) is 3. The first-order chi connectivity index (χ1) is 12.7. The number of ether oxygens (including phenoxy) is 1. The summed E-state index contributed by atoms with van der Waals surface area (Å²) in [4.78, 5) is 12.4. The predicted molar refractivity (Wildman–Crippen MR) is 109 cm³/mol. The second-order valence-corrected chi connectivity index (χ2v) is 7.83. The van der Waals surface area contributed by atoms with Gasteiger partial charge in [0.05, 0.1) is 12.2 Å². The molecule has 0 aromatic heterocycles. The smallest absolute Gasteiger partial charge is 0.297 e. The molecule has 4 nitrogen and oxygen atoms in total. The van der Waals surface area contributed by atoms with Crippen molar-refractivity contribution in [2.75, 3.05) is 6.61 Å². The van der Waals surface area contributed by atoms with Gasteiger partial charge in [0.15, 0.2) is 0 Å². The van der Waals surface area contributed by atoms with Crippen LogP contribution >= 0.6 is 0 Å². The third-order valence-corrected chi connectivity index (χ3v) is 5.51. The molecule has 1 unspecified atom stereocenters. The van der Waals surface area contributed by atoms with E-state index in [1.54, 1.807) is 6.07 Å². The van der Waals surface area contributed by atoms with Gasteiger partial charge in [-0.3, -0.25) is 4.79 Å². The van der Waals surface area contributed by atoms with Crippen LogP contribution in [-0.2, 0) is 0 Å². The van der Waals surface area contributed by atoms with E-state index in [0.29, 0.717) is 23.8 Å². The third kappa shape index (κ3) is 6.56. The molecule has 0 bridgehead atoms. The van der Waals surface area contributed by atoms with E-state index in [-0.39, 0.29) is 5.91 Å². The molecule has 0 radical (unpaired) electrons. The molecular formula is C21H28N2O2Si. The van der Waals surface area contributed by atoms with Crippen LogP contribution in [0.2, 0.25) is 0 Å². The van der Waals surface area contributed by atoms with Crippen molar-refractivity contribution >= 4 is 20.8 Å². The highest BCUT2D eigenvalue weighted by atomic mass is 28.2. The second kappa shape index (κ2) is 11.4. The zero-order chi connectivity index (χ0) is 18.6. The van der Waals surface area contributed by atoms with Crippen LogP contribution in [0.1, 0.15) is 49.9 Å². The van der Waals surface area contributed by atoms with Crippen molar-refractivity contribution in [3.63, 3.8) is 0 Å². The lowest BCUT2D eigenvalue weighted by Gasteiger charge is -2.16. The van der Waals surface area contributed by atoms with Crippen molar-refractivity contribution in [2.24, 2.45) is 15.8 Å². The summed E-state index contributed by atoms with van der Waals surface area (Å²) in [6, 6.07) is 17.3. The molecule has 138 valence electrons. The van der Waals surface area contributed by atoms with Crippen molar-refractivity contribution in [2.45, 2.75) is 39.5 Å². The Hall–Kier alpha value is -2.27. The Balaban J connectivity index is 1.97. The van der Waals surface area contributed by atoms with E-state index in [0.717, 1.165) is 18.0 Å². The molecule has 0 aliphatic carbocycles. The number of nitrogens with zero attached hydrogens (tertiary/aromatic N) is 2. The van der Waals surface area contributed by atoms with Crippen LogP contribution in [0, 0.1) is 5.92 Å². The first-order valence-electron chi connectivity index (χ1n) is 9.42. The van der Waals surface area contributed by atoms with Crippen molar-refractivity contribution < 1.29 is 9.53 Å². The molecular weight excluding hydrogens is 340 g/mol. The van der Waals surface area contributed by atoms with Gasteiger partial charge in [-0.25, -0.2) is 4.78 Å². The highest BCUT2D eigenvalue weighted by molar-refractivity contribution is 6.51. The zero-order valence-electron chi connectivity index (χ0n) is 15.7. The average molecular weight is 369 g/mol. The Kier molecular flexibility index (Phi) is 8.76. The Morgan fingerprint density at radius 2 is 1.81 bits per heavy atom. The summed E-state index contributed by atoms with van der Waals surface area (Å²) in [7, 11) is -0.913. The van der Waals surface area contributed by atoms with Gasteiger partial charge >= 0.3 is 0 Å². The van der Waals surface area contributed by atoms with E-state index >= 15 is 0 Å². The van der Waals surface area contributed by atoms with E-state index in [4.69, 9.17) is 4.74 Å². The molecule has 0 heterocycles. The van der Waals surface area contributed by atoms with Crippen molar-refractivity contribution in [3.8, 4) is 5.75 Å². The molecule has 1 atom stereocenters. The van der Waals surface area contributed by atoms with Crippen molar-refractivity contribution in [3.05, 3.63) is 60.2 Å². The molecule has 0 spiro atoms. The Morgan fingerprint density at radius 3 is 2.54 bits per heavy atom. The second-order valence-electron chi connectivity index (χ2n) is 6.41. The number of amides is 1. The molecule has 0 saturated heterocycles. The van der Waals surface area contributed by atoms with Crippen LogP contribution in [0.3, 0.4) is 0 Å². The lowest BCUT2D eigenvalue weighted by atomic mass is 10.0. The fourth-order valence-corrected chi connectivity index (χ4v) is 3.54. The SMILES string of the molecule is CCCCC(CC)COc1ccccc1C(=O)N=N[SiH2]c1ccccc1. The number of benzene rings is 2. The summed E-state index contributed by atoms with van der Waals surface area (Å²) in [5.74, 6) is 0.795. The molecule has 0 aliphatic heterocycles. The maximum atomic E-state index is 12.4. The number of unbranched alkanes of at least 4 members (excludes halogenated alkanes) is 1. The standard InChI is InChI=1S/C21H28N2O2Si/c1-3-5-11-17(4-2)16-25-20-15-10-9-14-19(20)21(24)22-23-26-18-12-7-6-8-13-18/h6-10,12-15,17H,3-5,11,16,26H2,1-2H3. The number of carbonyl (C=O) groups is 1. The molecule has 5 heteroatoms. The topological polar surface area (TPSA) is 51.0 Å². The minimum Gasteiger partial charge on any atom is -0.492 e. The van der Waals surface area contributed by atoms with Crippen LogP contribution in [0.5, 0.6) is 5.75 Å². The van der Waals surface area contributed by atoms with Gasteiger partial charge in [-0.05, 0) is 29.7 Å². The van der Waals surface area contributed by atoms with Gasteiger partial charge in [0.2, 0.25) is 9.68 Å². The first kappa shape index (κ1) is 20.0. The summed E-state index contributed by atoms with van der Waals surface area (Å²) >= 11 is 0. The van der Waals surface area contributed by atoms with Crippen molar-refractivity contribution in [1.29, 1.82) is 0 Å². The summed E-state index contributed by atoms with van der Waals surface area (Å²) in [5, 5.41) is 5.08. The molecule has 1 amide bonds. The molecule has 0 fully saturated rings. The quantitative estimate of drug-likeness (QED) is 0.464. The van der Waals surface area contributed by atoms with Crippen LogP contribution < -0.4 is 9.92 Å². The molecule has 26 heavy (non-hydrogen) atoms. The molecule has 2 aromatic rings. The zero-order valence-corrected chi connectivity index (χ0v) is 17.1. The summed E-state index contributed by atoms with van der Waals surface area (Å²) < 4.78 is 10.1. The van der Waals surface area contributed by atoms with Gasteiger partial charge in [0.25, 0.3) is 5.91 Å². The van der Waals surface area contributed by atoms with Crippen LogP contribution in [0.15, 0.2) is 64.5 Å². The number of para-hydroxylation sites is 1. The molecule has 2 aromatic carbocycles. The summed E-state index contributed by atoms with van der Waals surface area (Å²) in [6.45, 7) is 5.02. The van der Waals surface area contributed by atoms with Gasteiger partial charge in [-0.15, -0.1) is 5.11 Å². The molecule has 2 rings (SSSR count). The number of rotatable bonds is 10. The van der Waals surface area contributed by atoms with E-state index in [9.17, 15) is 4.79 Å². The monoisotopic (exact) mass is 368 g/mol. The van der Waals surface area contributed by atoms with Gasteiger partial charge < -0.3 is 4.74 Å². The van der Waals surface area contributed by atoms with Crippen LogP contribution in [0.25, 0.3) is 0 Å². The highest BCUT2D eigenvalue weighted by Crippen LogP contribution is 2.21. The highest BCUT2D eigenvalue weighted by Gasteiger charge is 2.13. The van der Waals surface area contributed by atoms with E-state index in [1.807, 2.05) is 48.5 Å². The lowest BCUT2D eigenvalue weighted by Crippen LogP contribution is -2.13. The Labute approximate surface area is 158 Å². The summed E-state index contributed by atoms with van der Waals surface area (Å²) in [5.41, 5.74) is 0.489. The minimum absolute atomic E-state index is 0.328. The third-order valence-electron chi connectivity index (χ3n) is 4.39. The lowest BCUT2D eigenvalue weighted by molar-refractivity contribution is 0.0990. The van der Waals surface area contributed by atoms with Crippen LogP contribution in [-0.4, -0.2) is 22.2 Å². The fourth-order valence-electron chi connectivity index (χ4n) is 2.69. The normalized spacial score (nSPS) is 12.7. The predicted octanol–water partition coefficient (Wildman–Crippen LogP) is 4.28. The maximum Gasteiger partial charge on any atom is 0.297 e. The first-order valence-corrected chi connectivity index (χ1v) is 10.8. The maximum absolute atomic E-state index is 12.4. The van der Waals surface area contributed by atoms with E-state index in [1.165, 1.54) is 12.8 Å². The largest absolute Gasteiger partial charge is 0.492 e. The molecule has 0 N–H and O–H groups in total. The Bertz CT molecular complexity index is 704. The van der Waals surface area contributed by atoms with E-state index < -0.39 is 9.68 Å². The van der Waals surface area contributed by atoms with Gasteiger partial charge in [0.1, 0.15) is 5.75 Å². The number of hydrogen-bond donors (Lipinski definition) is 0. The fraction of sp³-hybridized carbons (Fsp3) is 0.381. The van der Waals surface area contributed by atoms with Crippen LogP contribution in [0.4, 0.5) is 0 Å². The summed E-state index contributed by atoms with van der Waals surface area (Å²) in [6.07, 6.45) is 4.64. The molecule has 0 aliphatic rings. The van der Waals surface area contributed by atoms with Gasteiger partial charge in [0, 0.05) is 0 Å². The van der Waals surface area contributed by atoms with Gasteiger partial charge in [-0.2, -0.15) is 0 Å². The minimum atomic E-state index is -0.913. The van der Waals surface area contributed by atoms with Gasteiger partial charge in [-0.1, -0.05) is 75.6 Å².